The molecule has 1 amide bonds. The summed E-state index contributed by atoms with van der Waals surface area (Å²) in [6.45, 7) is -0.0218. The van der Waals surface area contributed by atoms with Crippen molar-refractivity contribution in [3.63, 3.8) is 0 Å². The van der Waals surface area contributed by atoms with E-state index in [1.54, 1.807) is 0 Å². The highest BCUT2D eigenvalue weighted by Gasteiger charge is 2.26. The first-order valence-corrected chi connectivity index (χ1v) is 6.82. The maximum Gasteiger partial charge on any atom is 0.389 e. The number of amides is 1. The molecule has 2 rings (SSSR count). The average molecular weight is 302 g/mol. The van der Waals surface area contributed by atoms with Crippen LogP contribution in [0.25, 0.3) is 10.1 Å². The predicted molar refractivity (Wildman–Crippen MR) is 73.9 cm³/mol. The van der Waals surface area contributed by atoms with E-state index in [0.29, 0.717) is 10.6 Å². The SMILES string of the molecule is Nc1c(C(=O)NCCCC(F)(F)F)sc2ccccc12. The molecule has 2 aromatic rings. The third-order valence-electron chi connectivity index (χ3n) is 2.76. The van der Waals surface area contributed by atoms with Gasteiger partial charge in [-0.3, -0.25) is 4.79 Å². The first kappa shape index (κ1) is 14.6. The Labute approximate surface area is 117 Å². The van der Waals surface area contributed by atoms with Gasteiger partial charge in [0.2, 0.25) is 0 Å². The maximum atomic E-state index is 12.0. The van der Waals surface area contributed by atoms with Gasteiger partial charge >= 0.3 is 6.18 Å². The van der Waals surface area contributed by atoms with Gasteiger partial charge in [0.1, 0.15) is 4.88 Å². The standard InChI is InChI=1S/C13H13F3N2OS/c14-13(15,16)6-3-7-18-12(19)11-10(17)8-4-1-2-5-9(8)20-11/h1-2,4-5H,3,6-7,17H2,(H,18,19). The van der Waals surface area contributed by atoms with Crippen LogP contribution in [0.5, 0.6) is 0 Å². The van der Waals surface area contributed by atoms with Gasteiger partial charge in [-0.05, 0) is 12.5 Å². The molecule has 0 spiro atoms. The lowest BCUT2D eigenvalue weighted by atomic mass is 10.2. The zero-order valence-corrected chi connectivity index (χ0v) is 11.3. The smallest absolute Gasteiger partial charge is 0.389 e. The zero-order valence-electron chi connectivity index (χ0n) is 10.5. The van der Waals surface area contributed by atoms with E-state index >= 15 is 0 Å². The highest BCUT2D eigenvalue weighted by molar-refractivity contribution is 7.21. The summed E-state index contributed by atoms with van der Waals surface area (Å²) in [6.07, 6.45) is -5.24. The number of halogens is 3. The number of alkyl halides is 3. The van der Waals surface area contributed by atoms with Crippen molar-refractivity contribution in [2.45, 2.75) is 19.0 Å². The molecule has 1 aromatic heterocycles. The third-order valence-corrected chi connectivity index (χ3v) is 3.95. The van der Waals surface area contributed by atoms with E-state index in [2.05, 4.69) is 5.32 Å². The van der Waals surface area contributed by atoms with Gasteiger partial charge in [-0.25, -0.2) is 0 Å². The van der Waals surface area contributed by atoms with Crippen molar-refractivity contribution in [3.05, 3.63) is 29.1 Å². The fourth-order valence-corrected chi connectivity index (χ4v) is 2.84. The minimum Gasteiger partial charge on any atom is -0.397 e. The maximum absolute atomic E-state index is 12.0. The van der Waals surface area contributed by atoms with E-state index in [1.165, 1.54) is 11.3 Å². The topological polar surface area (TPSA) is 55.1 Å². The summed E-state index contributed by atoms with van der Waals surface area (Å²) in [7, 11) is 0. The van der Waals surface area contributed by atoms with Crippen LogP contribution >= 0.6 is 11.3 Å². The molecular weight excluding hydrogens is 289 g/mol. The van der Waals surface area contributed by atoms with Crippen molar-refractivity contribution in [2.24, 2.45) is 0 Å². The number of rotatable bonds is 4. The van der Waals surface area contributed by atoms with Crippen LogP contribution in [0.4, 0.5) is 18.9 Å². The quantitative estimate of drug-likeness (QED) is 0.849. The van der Waals surface area contributed by atoms with Crippen molar-refractivity contribution < 1.29 is 18.0 Å². The average Bonchev–Trinajstić information content (AvgIpc) is 2.72. The fraction of sp³-hybridized carbons (Fsp3) is 0.308. The molecule has 20 heavy (non-hydrogen) atoms. The van der Waals surface area contributed by atoms with Crippen LogP contribution in [0, 0.1) is 0 Å². The number of anilines is 1. The molecule has 0 saturated carbocycles. The second-order valence-electron chi connectivity index (χ2n) is 4.32. The van der Waals surface area contributed by atoms with Gasteiger partial charge in [-0.15, -0.1) is 11.3 Å². The Bertz CT molecular complexity index is 622. The number of thiophene rings is 1. The monoisotopic (exact) mass is 302 g/mol. The fourth-order valence-electron chi connectivity index (χ4n) is 1.81. The number of fused-ring (bicyclic) bond motifs is 1. The lowest BCUT2D eigenvalue weighted by Gasteiger charge is -2.07. The molecule has 7 heteroatoms. The van der Waals surface area contributed by atoms with Crippen LogP contribution < -0.4 is 11.1 Å². The molecule has 1 aromatic carbocycles. The van der Waals surface area contributed by atoms with Crippen LogP contribution in [0.3, 0.4) is 0 Å². The van der Waals surface area contributed by atoms with Gasteiger partial charge in [0, 0.05) is 23.1 Å². The predicted octanol–water partition coefficient (Wildman–Crippen LogP) is 3.56. The van der Waals surface area contributed by atoms with Crippen molar-refractivity contribution in [2.75, 3.05) is 12.3 Å². The van der Waals surface area contributed by atoms with Crippen molar-refractivity contribution in [3.8, 4) is 0 Å². The second-order valence-corrected chi connectivity index (χ2v) is 5.37. The van der Waals surface area contributed by atoms with E-state index in [1.807, 2.05) is 24.3 Å². The number of benzene rings is 1. The third kappa shape index (κ3) is 3.41. The van der Waals surface area contributed by atoms with Crippen LogP contribution in [-0.2, 0) is 0 Å². The summed E-state index contributed by atoms with van der Waals surface area (Å²) in [5.41, 5.74) is 6.26. The molecule has 3 N–H and O–H groups in total. The molecule has 0 aliphatic heterocycles. The van der Waals surface area contributed by atoms with E-state index in [-0.39, 0.29) is 13.0 Å². The number of hydrogen-bond donors (Lipinski definition) is 2. The lowest BCUT2D eigenvalue weighted by Crippen LogP contribution is -2.25. The van der Waals surface area contributed by atoms with Crippen LogP contribution in [0.15, 0.2) is 24.3 Å². The molecule has 0 bridgehead atoms. The van der Waals surface area contributed by atoms with E-state index in [0.717, 1.165) is 10.1 Å². The summed E-state index contributed by atoms with van der Waals surface area (Å²) in [5, 5.41) is 3.25. The second kappa shape index (κ2) is 5.70. The molecule has 0 saturated heterocycles. The summed E-state index contributed by atoms with van der Waals surface area (Å²) in [5.74, 6) is -0.425. The summed E-state index contributed by atoms with van der Waals surface area (Å²) in [4.78, 5) is 12.2. The molecule has 0 atom stereocenters. The molecule has 108 valence electrons. The molecule has 0 fully saturated rings. The van der Waals surface area contributed by atoms with Crippen LogP contribution in [0.1, 0.15) is 22.5 Å². The Morgan fingerprint density at radius 1 is 1.30 bits per heavy atom. The van der Waals surface area contributed by atoms with Crippen molar-refractivity contribution in [1.82, 2.24) is 5.32 Å². The first-order chi connectivity index (χ1) is 9.38. The van der Waals surface area contributed by atoms with E-state index in [9.17, 15) is 18.0 Å². The molecule has 0 unspecified atom stereocenters. The van der Waals surface area contributed by atoms with Gasteiger partial charge in [-0.2, -0.15) is 13.2 Å². The molecule has 0 aliphatic carbocycles. The summed E-state index contributed by atoms with van der Waals surface area (Å²) in [6, 6.07) is 7.30. The molecule has 0 aliphatic rings. The Kier molecular flexibility index (Phi) is 4.17. The summed E-state index contributed by atoms with van der Waals surface area (Å²) >= 11 is 1.24. The number of nitrogen functional groups attached to an aromatic ring is 1. The number of carbonyl (C=O) groups is 1. The Morgan fingerprint density at radius 3 is 2.65 bits per heavy atom. The molecular formula is C13H13F3N2OS. The minimum atomic E-state index is -4.19. The van der Waals surface area contributed by atoms with Gasteiger partial charge in [-0.1, -0.05) is 18.2 Å². The van der Waals surface area contributed by atoms with Gasteiger partial charge in [0.25, 0.3) is 5.91 Å². The molecule has 3 nitrogen and oxygen atoms in total. The number of carbonyl (C=O) groups excluding carboxylic acids is 1. The highest BCUT2D eigenvalue weighted by atomic mass is 32.1. The van der Waals surface area contributed by atoms with Crippen LogP contribution in [0.2, 0.25) is 0 Å². The number of nitrogens with two attached hydrogens (primary N) is 1. The van der Waals surface area contributed by atoms with Gasteiger partial charge < -0.3 is 11.1 Å². The number of hydrogen-bond acceptors (Lipinski definition) is 3. The lowest BCUT2D eigenvalue weighted by molar-refractivity contribution is -0.135. The molecule has 0 radical (unpaired) electrons. The van der Waals surface area contributed by atoms with Crippen LogP contribution in [-0.4, -0.2) is 18.6 Å². The van der Waals surface area contributed by atoms with E-state index in [4.69, 9.17) is 5.73 Å². The van der Waals surface area contributed by atoms with Gasteiger partial charge in [0.15, 0.2) is 0 Å². The largest absolute Gasteiger partial charge is 0.397 e. The van der Waals surface area contributed by atoms with Crippen molar-refractivity contribution in [1.29, 1.82) is 0 Å². The first-order valence-electron chi connectivity index (χ1n) is 6.00. The Hall–Kier alpha value is -1.76. The Balaban J connectivity index is 1.99. The Morgan fingerprint density at radius 2 is 2.00 bits per heavy atom. The summed E-state index contributed by atoms with van der Waals surface area (Å²) < 4.78 is 36.8. The minimum absolute atomic E-state index is 0.0218. The highest BCUT2D eigenvalue weighted by Crippen LogP contribution is 2.33. The zero-order chi connectivity index (χ0) is 14.8. The normalized spacial score (nSPS) is 11.8. The van der Waals surface area contributed by atoms with Gasteiger partial charge in [0.05, 0.1) is 5.69 Å². The van der Waals surface area contributed by atoms with Crippen molar-refractivity contribution >= 4 is 33.0 Å². The van der Waals surface area contributed by atoms with E-state index < -0.39 is 18.5 Å². The number of nitrogens with one attached hydrogen (secondary N) is 1. The molecule has 1 heterocycles.